The van der Waals surface area contributed by atoms with Gasteiger partial charge in [-0.15, -0.1) is 0 Å². The van der Waals surface area contributed by atoms with Crippen molar-refractivity contribution in [3.8, 4) is 0 Å². The van der Waals surface area contributed by atoms with Gasteiger partial charge in [0.2, 0.25) is 0 Å². The summed E-state index contributed by atoms with van der Waals surface area (Å²) in [5.74, 6) is 0.980. The van der Waals surface area contributed by atoms with Crippen LogP contribution in [0.15, 0.2) is 23.4 Å². The molecule has 3 fully saturated rings. The Morgan fingerprint density at radius 3 is 2.80 bits per heavy atom. The van der Waals surface area contributed by atoms with Crippen LogP contribution in [-0.2, 0) is 11.0 Å². The predicted molar refractivity (Wildman–Crippen MR) is 105 cm³/mol. The fraction of sp³-hybridized carbons (Fsp3) is 0.650. The number of aldehydes is 1. The van der Waals surface area contributed by atoms with Crippen molar-refractivity contribution >= 4 is 18.3 Å². The molecule has 10 heteroatoms. The Hall–Kier alpha value is -2.20. The van der Waals surface area contributed by atoms with Crippen molar-refractivity contribution < 1.29 is 18.0 Å². The molecule has 4 aliphatic heterocycles. The van der Waals surface area contributed by atoms with Crippen LogP contribution in [-0.4, -0.2) is 84.2 Å². The highest BCUT2D eigenvalue weighted by molar-refractivity contribution is 5.64. The normalized spacial score (nSPS) is 34.1. The number of hydrazone groups is 1. The van der Waals surface area contributed by atoms with E-state index >= 15 is 0 Å². The van der Waals surface area contributed by atoms with Crippen LogP contribution in [0, 0.1) is 5.92 Å². The minimum atomic E-state index is -4.39. The van der Waals surface area contributed by atoms with Gasteiger partial charge in [-0.1, -0.05) is 0 Å². The molecule has 0 aromatic carbocycles. The van der Waals surface area contributed by atoms with Gasteiger partial charge in [0.15, 0.2) is 0 Å². The largest absolute Gasteiger partial charge is 0.417 e. The minimum Gasteiger partial charge on any atom is -0.346 e. The van der Waals surface area contributed by atoms with Crippen molar-refractivity contribution in [1.82, 2.24) is 20.2 Å². The number of nitrogens with zero attached hydrogens (tertiary/aromatic N) is 5. The molecule has 30 heavy (non-hydrogen) atoms. The van der Waals surface area contributed by atoms with E-state index in [0.717, 1.165) is 51.0 Å². The maximum atomic E-state index is 13.0. The molecule has 1 aromatic rings. The molecular weight excluding hydrogens is 397 g/mol. The van der Waals surface area contributed by atoms with Crippen molar-refractivity contribution in [2.45, 2.75) is 43.2 Å². The Kier molecular flexibility index (Phi) is 4.93. The highest BCUT2D eigenvalue weighted by atomic mass is 19.4. The van der Waals surface area contributed by atoms with E-state index in [1.54, 1.807) is 0 Å². The molecule has 0 saturated carbocycles. The van der Waals surface area contributed by atoms with Gasteiger partial charge in [-0.05, 0) is 25.0 Å². The number of carbonyl (C=O) groups excluding carboxylic acids is 1. The third-order valence-electron chi connectivity index (χ3n) is 6.96. The monoisotopic (exact) mass is 422 g/mol. The number of anilines is 1. The molecule has 5 rings (SSSR count). The van der Waals surface area contributed by atoms with Crippen LogP contribution in [0.5, 0.6) is 0 Å². The Morgan fingerprint density at radius 1 is 1.20 bits per heavy atom. The fourth-order valence-electron chi connectivity index (χ4n) is 5.58. The summed E-state index contributed by atoms with van der Waals surface area (Å²) in [4.78, 5) is 22.1. The van der Waals surface area contributed by atoms with Crippen molar-refractivity contribution in [3.05, 3.63) is 23.9 Å². The number of fused-ring (bicyclic) bond motifs is 3. The van der Waals surface area contributed by atoms with Crippen molar-refractivity contribution in [3.63, 3.8) is 0 Å². The maximum absolute atomic E-state index is 13.0. The zero-order valence-electron chi connectivity index (χ0n) is 16.5. The summed E-state index contributed by atoms with van der Waals surface area (Å²) < 4.78 is 38.9. The third kappa shape index (κ3) is 3.45. The smallest absolute Gasteiger partial charge is 0.346 e. The molecule has 5 unspecified atom stereocenters. The number of alkyl halides is 3. The van der Waals surface area contributed by atoms with Gasteiger partial charge in [0.1, 0.15) is 12.1 Å². The number of nitrogens with one attached hydrogen (secondary N) is 1. The first-order valence-corrected chi connectivity index (χ1v) is 10.4. The van der Waals surface area contributed by atoms with E-state index in [0.29, 0.717) is 30.9 Å². The quantitative estimate of drug-likeness (QED) is 0.736. The van der Waals surface area contributed by atoms with E-state index in [1.807, 2.05) is 6.21 Å². The van der Waals surface area contributed by atoms with Crippen LogP contribution in [0.4, 0.5) is 19.0 Å². The molecule has 7 nitrogen and oxygen atoms in total. The Morgan fingerprint density at radius 2 is 2.07 bits per heavy atom. The number of rotatable bonds is 4. The number of carbonyl (C=O) groups is 1. The number of piperazine rings is 1. The molecule has 0 aliphatic carbocycles. The van der Waals surface area contributed by atoms with Gasteiger partial charge in [-0.3, -0.25) is 9.80 Å². The molecule has 2 bridgehead atoms. The van der Waals surface area contributed by atoms with Crippen LogP contribution in [0.25, 0.3) is 0 Å². The predicted octanol–water partition coefficient (Wildman–Crippen LogP) is 1.21. The second-order valence-electron chi connectivity index (χ2n) is 8.68. The van der Waals surface area contributed by atoms with Gasteiger partial charge in [0.25, 0.3) is 0 Å². The summed E-state index contributed by atoms with van der Waals surface area (Å²) in [6.07, 6.45) is 1.39. The first-order chi connectivity index (χ1) is 14.4. The number of piperidine rings is 1. The van der Waals surface area contributed by atoms with E-state index in [4.69, 9.17) is 0 Å². The van der Waals surface area contributed by atoms with Gasteiger partial charge >= 0.3 is 6.18 Å². The lowest BCUT2D eigenvalue weighted by Crippen LogP contribution is -2.59. The zero-order chi connectivity index (χ0) is 20.9. The molecule has 5 heterocycles. The first kappa shape index (κ1) is 19.7. The average molecular weight is 422 g/mol. The number of aromatic nitrogens is 1. The van der Waals surface area contributed by atoms with E-state index in [1.165, 1.54) is 6.07 Å². The molecule has 162 valence electrons. The molecule has 1 N–H and O–H groups in total. The van der Waals surface area contributed by atoms with Crippen molar-refractivity contribution in [2.24, 2.45) is 11.0 Å². The molecule has 1 aromatic heterocycles. The average Bonchev–Trinajstić information content (AvgIpc) is 3.27. The highest BCUT2D eigenvalue weighted by Crippen LogP contribution is 2.39. The second kappa shape index (κ2) is 7.49. The molecule has 5 atom stereocenters. The van der Waals surface area contributed by atoms with Crippen LogP contribution in [0.1, 0.15) is 18.4 Å². The number of pyridine rings is 1. The van der Waals surface area contributed by atoms with E-state index in [9.17, 15) is 18.0 Å². The highest BCUT2D eigenvalue weighted by Gasteiger charge is 2.50. The summed E-state index contributed by atoms with van der Waals surface area (Å²) >= 11 is 0. The summed E-state index contributed by atoms with van der Waals surface area (Å²) in [7, 11) is 0. The van der Waals surface area contributed by atoms with Crippen molar-refractivity contribution in [2.75, 3.05) is 37.6 Å². The van der Waals surface area contributed by atoms with Crippen molar-refractivity contribution in [1.29, 1.82) is 0 Å². The summed E-state index contributed by atoms with van der Waals surface area (Å²) in [6, 6.07) is 3.51. The molecule has 3 saturated heterocycles. The molecular formula is C20H25F3N6O. The Labute approximate surface area is 172 Å². The van der Waals surface area contributed by atoms with Gasteiger partial charge in [0, 0.05) is 56.6 Å². The van der Waals surface area contributed by atoms with Gasteiger partial charge in [-0.25, -0.2) is 4.98 Å². The SMILES string of the molecule is O=CCN1CC2CC(N3CCC4NN=CC4C3)C(C1)N2c1ccc(C(F)(F)F)cn1. The molecule has 0 amide bonds. The molecule has 0 spiro atoms. The summed E-state index contributed by atoms with van der Waals surface area (Å²) in [5.41, 5.74) is 2.44. The Balaban J connectivity index is 1.39. The third-order valence-corrected chi connectivity index (χ3v) is 6.96. The van der Waals surface area contributed by atoms with E-state index in [2.05, 4.69) is 30.2 Å². The number of likely N-dealkylation sites (tertiary alicyclic amines) is 2. The number of hydrogen-bond acceptors (Lipinski definition) is 7. The van der Waals surface area contributed by atoms with E-state index < -0.39 is 11.7 Å². The number of halogens is 3. The second-order valence-corrected chi connectivity index (χ2v) is 8.68. The van der Waals surface area contributed by atoms with Crippen LogP contribution >= 0.6 is 0 Å². The Bertz CT molecular complexity index is 816. The number of hydrogen-bond donors (Lipinski definition) is 1. The minimum absolute atomic E-state index is 0.0933. The van der Waals surface area contributed by atoms with Gasteiger partial charge in [-0.2, -0.15) is 18.3 Å². The topological polar surface area (TPSA) is 64.1 Å². The molecule has 4 aliphatic rings. The van der Waals surface area contributed by atoms with Crippen LogP contribution in [0.2, 0.25) is 0 Å². The fourth-order valence-corrected chi connectivity index (χ4v) is 5.58. The van der Waals surface area contributed by atoms with Gasteiger partial charge < -0.3 is 15.1 Å². The first-order valence-electron chi connectivity index (χ1n) is 10.4. The lowest BCUT2D eigenvalue weighted by Gasteiger charge is -2.44. The summed E-state index contributed by atoms with van der Waals surface area (Å²) in [6.45, 7) is 3.70. The van der Waals surface area contributed by atoms with E-state index in [-0.39, 0.29) is 18.1 Å². The lowest BCUT2D eigenvalue weighted by atomic mass is 9.92. The van der Waals surface area contributed by atoms with Crippen LogP contribution < -0.4 is 10.3 Å². The zero-order valence-corrected chi connectivity index (χ0v) is 16.5. The van der Waals surface area contributed by atoms with Gasteiger partial charge in [0.05, 0.1) is 24.2 Å². The standard InChI is InChI=1S/C20H25F3N6O/c21-20(22,23)14-1-2-19(24-9-14)29-15-7-17(18(29)12-27(11-15)5-6-30)28-4-3-16-13(10-28)8-25-26-16/h1-2,6,8-9,13,15-18,26H,3-5,7,10-12H2. The maximum Gasteiger partial charge on any atom is 0.417 e. The lowest BCUT2D eigenvalue weighted by molar-refractivity contribution is -0.137. The van der Waals surface area contributed by atoms with Crippen LogP contribution in [0.3, 0.4) is 0 Å². The summed E-state index contributed by atoms with van der Waals surface area (Å²) in [5, 5.41) is 4.22. The molecule has 0 radical (unpaired) electrons.